The number of hydrogen-bond acceptors (Lipinski definition) is 4. The summed E-state index contributed by atoms with van der Waals surface area (Å²) < 4.78 is 4.96. The molecular weight excluding hydrogens is 268 g/mol. The Morgan fingerprint density at radius 2 is 2.33 bits per heavy atom. The molecule has 0 spiro atoms. The average molecular weight is 292 g/mol. The molecule has 0 aliphatic carbocycles. The first-order chi connectivity index (χ1) is 10.0. The number of aliphatic hydroxyl groups is 1. The van der Waals surface area contributed by atoms with Crippen molar-refractivity contribution in [2.24, 2.45) is 0 Å². The highest BCUT2D eigenvalue weighted by atomic mass is 16.5. The lowest BCUT2D eigenvalue weighted by Crippen LogP contribution is -2.41. The number of nitrogens with one attached hydrogen (secondary N) is 2. The first-order valence-corrected chi connectivity index (χ1v) is 7.39. The molecule has 1 unspecified atom stereocenters. The molecule has 0 radical (unpaired) electrons. The van der Waals surface area contributed by atoms with E-state index < -0.39 is 5.60 Å². The zero-order valence-corrected chi connectivity index (χ0v) is 12.7. The van der Waals surface area contributed by atoms with Crippen molar-refractivity contribution in [1.29, 1.82) is 0 Å². The van der Waals surface area contributed by atoms with E-state index in [2.05, 4.69) is 10.6 Å². The molecule has 0 bridgehead atoms. The van der Waals surface area contributed by atoms with Crippen LogP contribution in [-0.4, -0.2) is 43.4 Å². The molecule has 0 saturated heterocycles. The van der Waals surface area contributed by atoms with E-state index in [1.807, 2.05) is 18.2 Å². The third-order valence-corrected chi connectivity index (χ3v) is 3.81. The number of fused-ring (bicyclic) bond motifs is 1. The molecule has 0 fully saturated rings. The largest absolute Gasteiger partial charge is 0.388 e. The number of carbonyl (C=O) groups excluding carboxylic acids is 1. The van der Waals surface area contributed by atoms with Gasteiger partial charge in [0, 0.05) is 44.5 Å². The summed E-state index contributed by atoms with van der Waals surface area (Å²) in [6, 6.07) is 5.72. The van der Waals surface area contributed by atoms with E-state index in [0.29, 0.717) is 18.6 Å². The van der Waals surface area contributed by atoms with Gasteiger partial charge in [-0.1, -0.05) is 6.07 Å². The van der Waals surface area contributed by atoms with Crippen LogP contribution in [0.3, 0.4) is 0 Å². The number of benzene rings is 1. The number of ether oxygens (including phenoxy) is 1. The van der Waals surface area contributed by atoms with E-state index in [-0.39, 0.29) is 12.5 Å². The highest BCUT2D eigenvalue weighted by Gasteiger charge is 2.23. The Kier molecular flexibility index (Phi) is 5.20. The molecule has 1 heterocycles. The van der Waals surface area contributed by atoms with Crippen LogP contribution >= 0.6 is 0 Å². The second-order valence-electron chi connectivity index (χ2n) is 5.78. The van der Waals surface area contributed by atoms with Gasteiger partial charge in [-0.3, -0.25) is 4.79 Å². The van der Waals surface area contributed by atoms with E-state index in [0.717, 1.165) is 30.6 Å². The average Bonchev–Trinajstić information content (AvgIpc) is 2.50. The second kappa shape index (κ2) is 6.91. The maximum absolute atomic E-state index is 12.4. The van der Waals surface area contributed by atoms with Gasteiger partial charge in [0.15, 0.2) is 0 Å². The van der Waals surface area contributed by atoms with Crippen LogP contribution < -0.4 is 10.6 Å². The summed E-state index contributed by atoms with van der Waals surface area (Å²) in [7, 11) is 1.60. The number of methoxy groups -OCH3 is 1. The van der Waals surface area contributed by atoms with Crippen molar-refractivity contribution < 1.29 is 14.6 Å². The number of hydrogen-bond donors (Lipinski definition) is 3. The fourth-order valence-electron chi connectivity index (χ4n) is 2.50. The zero-order chi connectivity index (χ0) is 15.3. The molecule has 3 N–H and O–H groups in total. The number of amides is 1. The molecule has 21 heavy (non-hydrogen) atoms. The summed E-state index contributed by atoms with van der Waals surface area (Å²) in [6.45, 7) is 3.33. The molecule has 1 aliphatic rings. The molecular formula is C16H24N2O3. The van der Waals surface area contributed by atoms with Crippen LogP contribution in [0.2, 0.25) is 0 Å². The van der Waals surface area contributed by atoms with E-state index >= 15 is 0 Å². The maximum Gasteiger partial charge on any atom is 0.251 e. The fraction of sp³-hybridized carbons (Fsp3) is 0.562. The van der Waals surface area contributed by atoms with Gasteiger partial charge in [-0.2, -0.15) is 0 Å². The van der Waals surface area contributed by atoms with Gasteiger partial charge in [-0.15, -0.1) is 0 Å². The van der Waals surface area contributed by atoms with Gasteiger partial charge < -0.3 is 20.5 Å². The van der Waals surface area contributed by atoms with Crippen molar-refractivity contribution in [2.75, 3.05) is 32.1 Å². The Morgan fingerprint density at radius 1 is 1.52 bits per heavy atom. The molecule has 1 aliphatic heterocycles. The predicted octanol–water partition coefficient (Wildman–Crippen LogP) is 1.56. The van der Waals surface area contributed by atoms with Crippen LogP contribution in [0.15, 0.2) is 18.2 Å². The Bertz CT molecular complexity index is 500. The van der Waals surface area contributed by atoms with Gasteiger partial charge >= 0.3 is 0 Å². The Labute approximate surface area is 125 Å². The Hall–Kier alpha value is -1.59. The van der Waals surface area contributed by atoms with Crippen LogP contribution in [0.5, 0.6) is 0 Å². The first kappa shape index (κ1) is 15.8. The molecule has 0 aromatic heterocycles. The molecule has 116 valence electrons. The van der Waals surface area contributed by atoms with Gasteiger partial charge in [-0.25, -0.2) is 0 Å². The number of anilines is 1. The minimum atomic E-state index is -0.960. The minimum absolute atomic E-state index is 0.131. The summed E-state index contributed by atoms with van der Waals surface area (Å²) in [5.74, 6) is -0.131. The van der Waals surface area contributed by atoms with Crippen molar-refractivity contribution in [2.45, 2.75) is 31.8 Å². The highest BCUT2D eigenvalue weighted by Crippen LogP contribution is 2.25. The monoisotopic (exact) mass is 292 g/mol. The minimum Gasteiger partial charge on any atom is -0.388 e. The SMILES string of the molecule is COCCC(C)(O)CNC(=O)c1cccc2c1CCCN2. The van der Waals surface area contributed by atoms with E-state index in [9.17, 15) is 9.90 Å². The summed E-state index contributed by atoms with van der Waals surface area (Å²) in [4.78, 5) is 12.4. The van der Waals surface area contributed by atoms with Crippen LogP contribution in [0.25, 0.3) is 0 Å². The van der Waals surface area contributed by atoms with Gasteiger partial charge in [0.25, 0.3) is 5.91 Å². The summed E-state index contributed by atoms with van der Waals surface area (Å²) >= 11 is 0. The van der Waals surface area contributed by atoms with Crippen LogP contribution in [0, 0.1) is 0 Å². The molecule has 5 heteroatoms. The van der Waals surface area contributed by atoms with E-state index in [4.69, 9.17) is 4.74 Å². The topological polar surface area (TPSA) is 70.6 Å². The van der Waals surface area contributed by atoms with Crippen LogP contribution in [-0.2, 0) is 11.2 Å². The van der Waals surface area contributed by atoms with Crippen molar-refractivity contribution in [3.8, 4) is 0 Å². The molecule has 0 saturated carbocycles. The van der Waals surface area contributed by atoms with Crippen molar-refractivity contribution in [1.82, 2.24) is 5.32 Å². The predicted molar refractivity (Wildman–Crippen MR) is 82.7 cm³/mol. The third kappa shape index (κ3) is 4.19. The van der Waals surface area contributed by atoms with E-state index in [1.165, 1.54) is 0 Å². The third-order valence-electron chi connectivity index (χ3n) is 3.81. The molecule has 1 atom stereocenters. The lowest BCUT2D eigenvalue weighted by atomic mass is 9.96. The summed E-state index contributed by atoms with van der Waals surface area (Å²) in [5.41, 5.74) is 1.85. The fourth-order valence-corrected chi connectivity index (χ4v) is 2.50. The standard InChI is InChI=1S/C16H24N2O3/c1-16(20,8-10-21-2)11-18-15(19)13-5-3-7-14-12(13)6-4-9-17-14/h3,5,7,17,20H,4,6,8-11H2,1-2H3,(H,18,19). The zero-order valence-electron chi connectivity index (χ0n) is 12.7. The van der Waals surface area contributed by atoms with Gasteiger partial charge in [0.1, 0.15) is 0 Å². The molecule has 1 aromatic carbocycles. The maximum atomic E-state index is 12.4. The van der Waals surface area contributed by atoms with Crippen molar-refractivity contribution in [3.63, 3.8) is 0 Å². The van der Waals surface area contributed by atoms with Crippen molar-refractivity contribution in [3.05, 3.63) is 29.3 Å². The lowest BCUT2D eigenvalue weighted by Gasteiger charge is -2.24. The highest BCUT2D eigenvalue weighted by molar-refractivity contribution is 5.97. The summed E-state index contributed by atoms with van der Waals surface area (Å²) in [6.07, 6.45) is 2.42. The van der Waals surface area contributed by atoms with Gasteiger partial charge in [0.2, 0.25) is 0 Å². The Morgan fingerprint density at radius 3 is 3.10 bits per heavy atom. The lowest BCUT2D eigenvalue weighted by molar-refractivity contribution is 0.0243. The second-order valence-corrected chi connectivity index (χ2v) is 5.78. The molecule has 1 amide bonds. The summed E-state index contributed by atoms with van der Waals surface area (Å²) in [5, 5.41) is 16.3. The van der Waals surface area contributed by atoms with Crippen LogP contribution in [0.4, 0.5) is 5.69 Å². The molecule has 5 nitrogen and oxygen atoms in total. The van der Waals surface area contributed by atoms with E-state index in [1.54, 1.807) is 14.0 Å². The van der Waals surface area contributed by atoms with Gasteiger partial charge in [-0.05, 0) is 37.5 Å². The molecule has 2 rings (SSSR count). The van der Waals surface area contributed by atoms with Crippen LogP contribution in [0.1, 0.15) is 35.7 Å². The number of carbonyl (C=O) groups is 1. The first-order valence-electron chi connectivity index (χ1n) is 7.39. The molecule has 1 aromatic rings. The van der Waals surface area contributed by atoms with Crippen molar-refractivity contribution >= 4 is 11.6 Å². The smallest absolute Gasteiger partial charge is 0.251 e. The van der Waals surface area contributed by atoms with Gasteiger partial charge in [0.05, 0.1) is 5.60 Å². The number of rotatable bonds is 6. The Balaban J connectivity index is 2.01. The normalized spacial score (nSPS) is 16.5. The quantitative estimate of drug-likeness (QED) is 0.744.